The van der Waals surface area contributed by atoms with Crippen molar-refractivity contribution in [2.24, 2.45) is 0 Å². The van der Waals surface area contributed by atoms with Gasteiger partial charge in [-0.05, 0) is 29.0 Å². The monoisotopic (exact) mass is 221 g/mol. The summed E-state index contributed by atoms with van der Waals surface area (Å²) in [7, 11) is 0. The summed E-state index contributed by atoms with van der Waals surface area (Å²) in [6.07, 6.45) is 2.03. The van der Waals surface area contributed by atoms with E-state index in [9.17, 15) is 5.11 Å². The maximum absolute atomic E-state index is 9.43. The molecule has 2 aromatic rings. The fourth-order valence-electron chi connectivity index (χ4n) is 1.54. The molecule has 0 amide bonds. The van der Waals surface area contributed by atoms with Gasteiger partial charge in [-0.3, -0.25) is 0 Å². The van der Waals surface area contributed by atoms with Gasteiger partial charge in [0.15, 0.2) is 0 Å². The summed E-state index contributed by atoms with van der Waals surface area (Å²) in [5, 5.41) is 11.2. The normalized spacial score (nSPS) is 11.4. The van der Waals surface area contributed by atoms with Crippen molar-refractivity contribution in [3.63, 3.8) is 0 Å². The number of aromatic nitrogens is 1. The third-order valence-corrected chi connectivity index (χ3v) is 3.47. The fourth-order valence-corrected chi connectivity index (χ4v) is 2.29. The number of aromatic amines is 1. The minimum absolute atomic E-state index is 0.331. The molecule has 3 heteroatoms. The second-order valence-electron chi connectivity index (χ2n) is 3.90. The maximum atomic E-state index is 9.43. The highest BCUT2D eigenvalue weighted by Crippen LogP contribution is 2.27. The van der Waals surface area contributed by atoms with E-state index < -0.39 is 0 Å². The molecule has 1 aromatic carbocycles. The van der Waals surface area contributed by atoms with Crippen LogP contribution in [0.5, 0.6) is 5.75 Å². The first-order chi connectivity index (χ1) is 7.16. The van der Waals surface area contributed by atoms with Crippen LogP contribution >= 0.6 is 11.8 Å². The summed E-state index contributed by atoms with van der Waals surface area (Å²) in [5.41, 5.74) is 2.35. The molecule has 0 bridgehead atoms. The summed E-state index contributed by atoms with van der Waals surface area (Å²) >= 11 is 1.91. The summed E-state index contributed by atoms with van der Waals surface area (Å²) in [6, 6.07) is 5.44. The number of benzene rings is 1. The highest BCUT2D eigenvalue weighted by atomic mass is 32.2. The molecule has 2 N–H and O–H groups in total. The predicted octanol–water partition coefficient (Wildman–Crippen LogP) is 3.52. The highest BCUT2D eigenvalue weighted by Gasteiger charge is 2.05. The number of phenols is 1. The summed E-state index contributed by atoms with van der Waals surface area (Å²) in [6.45, 7) is 4.38. The van der Waals surface area contributed by atoms with Crippen molar-refractivity contribution in [2.75, 3.05) is 0 Å². The molecule has 0 aliphatic rings. The van der Waals surface area contributed by atoms with Gasteiger partial charge in [-0.1, -0.05) is 13.8 Å². The first kappa shape index (κ1) is 10.4. The van der Waals surface area contributed by atoms with Crippen molar-refractivity contribution in [3.8, 4) is 5.75 Å². The van der Waals surface area contributed by atoms with E-state index in [1.165, 1.54) is 5.56 Å². The molecule has 0 fully saturated rings. The zero-order valence-corrected chi connectivity index (χ0v) is 9.77. The standard InChI is InChI=1S/C12H15NOS/c1-8(2)15-7-9-6-13-12-4-3-10(14)5-11(9)12/h3-6,8,13-14H,7H2,1-2H3. The van der Waals surface area contributed by atoms with E-state index in [-0.39, 0.29) is 0 Å². The van der Waals surface area contributed by atoms with Gasteiger partial charge in [0, 0.05) is 22.9 Å². The number of hydrogen-bond donors (Lipinski definition) is 2. The number of thioether (sulfide) groups is 1. The van der Waals surface area contributed by atoms with Crippen LogP contribution in [0, 0.1) is 0 Å². The van der Waals surface area contributed by atoms with Crippen LogP contribution in [-0.2, 0) is 5.75 Å². The summed E-state index contributed by atoms with van der Waals surface area (Å²) < 4.78 is 0. The Morgan fingerprint density at radius 1 is 1.40 bits per heavy atom. The van der Waals surface area contributed by atoms with E-state index >= 15 is 0 Å². The Hall–Kier alpha value is -1.09. The maximum Gasteiger partial charge on any atom is 0.116 e. The average Bonchev–Trinajstić information content (AvgIpc) is 2.57. The van der Waals surface area contributed by atoms with Crippen molar-refractivity contribution < 1.29 is 5.11 Å². The van der Waals surface area contributed by atoms with Gasteiger partial charge >= 0.3 is 0 Å². The molecular weight excluding hydrogens is 206 g/mol. The van der Waals surface area contributed by atoms with Gasteiger partial charge in [-0.15, -0.1) is 0 Å². The molecule has 80 valence electrons. The number of hydrogen-bond acceptors (Lipinski definition) is 2. The van der Waals surface area contributed by atoms with Crippen LogP contribution in [0.2, 0.25) is 0 Å². The lowest BCUT2D eigenvalue weighted by Gasteiger charge is -2.03. The van der Waals surface area contributed by atoms with Crippen molar-refractivity contribution in [1.29, 1.82) is 0 Å². The lowest BCUT2D eigenvalue weighted by atomic mass is 10.2. The summed E-state index contributed by atoms with van der Waals surface area (Å²) in [5.74, 6) is 1.32. The van der Waals surface area contributed by atoms with Gasteiger partial charge in [-0.25, -0.2) is 0 Å². The third-order valence-electron chi connectivity index (χ3n) is 2.32. The number of fused-ring (bicyclic) bond motifs is 1. The van der Waals surface area contributed by atoms with Crippen LogP contribution in [0.1, 0.15) is 19.4 Å². The first-order valence-electron chi connectivity index (χ1n) is 5.07. The second kappa shape index (κ2) is 4.19. The fraction of sp³-hybridized carbons (Fsp3) is 0.333. The molecule has 1 heterocycles. The Balaban J connectivity index is 2.31. The SMILES string of the molecule is CC(C)SCc1c[nH]c2ccc(O)cc12. The van der Waals surface area contributed by atoms with Crippen molar-refractivity contribution in [1.82, 2.24) is 4.98 Å². The van der Waals surface area contributed by atoms with Crippen LogP contribution in [-0.4, -0.2) is 15.3 Å². The molecule has 0 atom stereocenters. The molecule has 2 nitrogen and oxygen atoms in total. The van der Waals surface area contributed by atoms with Gasteiger partial charge in [0.1, 0.15) is 5.75 Å². The molecule has 0 saturated heterocycles. The van der Waals surface area contributed by atoms with Crippen molar-refractivity contribution >= 4 is 22.7 Å². The number of nitrogens with one attached hydrogen (secondary N) is 1. The van der Waals surface area contributed by atoms with E-state index in [0.717, 1.165) is 16.7 Å². The molecule has 0 aliphatic carbocycles. The number of H-pyrrole nitrogens is 1. The van der Waals surface area contributed by atoms with Crippen LogP contribution < -0.4 is 0 Å². The van der Waals surface area contributed by atoms with E-state index in [0.29, 0.717) is 11.0 Å². The largest absolute Gasteiger partial charge is 0.508 e. The van der Waals surface area contributed by atoms with Crippen LogP contribution in [0.4, 0.5) is 0 Å². The molecule has 0 radical (unpaired) electrons. The minimum atomic E-state index is 0.331. The lowest BCUT2D eigenvalue weighted by Crippen LogP contribution is -1.87. The number of aromatic hydroxyl groups is 1. The molecule has 15 heavy (non-hydrogen) atoms. The zero-order valence-electron chi connectivity index (χ0n) is 8.95. The second-order valence-corrected chi connectivity index (χ2v) is 5.47. The Labute approximate surface area is 93.7 Å². The number of phenolic OH excluding ortho intramolecular Hbond substituents is 1. The van der Waals surface area contributed by atoms with E-state index in [1.54, 1.807) is 6.07 Å². The van der Waals surface area contributed by atoms with Gasteiger partial charge in [0.2, 0.25) is 0 Å². The molecule has 0 saturated carbocycles. The van der Waals surface area contributed by atoms with E-state index in [2.05, 4.69) is 18.8 Å². The smallest absolute Gasteiger partial charge is 0.116 e. The van der Waals surface area contributed by atoms with Crippen LogP contribution in [0.25, 0.3) is 10.9 Å². The van der Waals surface area contributed by atoms with Crippen molar-refractivity contribution in [3.05, 3.63) is 30.0 Å². The topological polar surface area (TPSA) is 36.0 Å². The summed E-state index contributed by atoms with van der Waals surface area (Å²) in [4.78, 5) is 3.21. The molecule has 0 spiro atoms. The lowest BCUT2D eigenvalue weighted by molar-refractivity contribution is 0.476. The highest BCUT2D eigenvalue weighted by molar-refractivity contribution is 7.99. The van der Waals surface area contributed by atoms with Crippen molar-refractivity contribution in [2.45, 2.75) is 24.9 Å². The van der Waals surface area contributed by atoms with Crippen LogP contribution in [0.3, 0.4) is 0 Å². The zero-order chi connectivity index (χ0) is 10.8. The van der Waals surface area contributed by atoms with Gasteiger partial charge in [0.05, 0.1) is 0 Å². The van der Waals surface area contributed by atoms with Gasteiger partial charge in [0.25, 0.3) is 0 Å². The Morgan fingerprint density at radius 3 is 2.93 bits per heavy atom. The molecular formula is C12H15NOS. The molecule has 2 rings (SSSR count). The van der Waals surface area contributed by atoms with E-state index in [1.807, 2.05) is 30.1 Å². The van der Waals surface area contributed by atoms with Gasteiger partial charge < -0.3 is 10.1 Å². The van der Waals surface area contributed by atoms with Crippen LogP contribution in [0.15, 0.2) is 24.4 Å². The molecule has 1 aromatic heterocycles. The average molecular weight is 221 g/mol. The Kier molecular flexibility index (Phi) is 2.91. The molecule has 0 unspecified atom stereocenters. The third kappa shape index (κ3) is 2.29. The van der Waals surface area contributed by atoms with Gasteiger partial charge in [-0.2, -0.15) is 11.8 Å². The Morgan fingerprint density at radius 2 is 2.20 bits per heavy atom. The number of rotatable bonds is 3. The minimum Gasteiger partial charge on any atom is -0.508 e. The first-order valence-corrected chi connectivity index (χ1v) is 6.12. The Bertz CT molecular complexity index is 462. The molecule has 0 aliphatic heterocycles. The van der Waals surface area contributed by atoms with E-state index in [4.69, 9.17) is 0 Å². The predicted molar refractivity (Wildman–Crippen MR) is 66.4 cm³/mol. The quantitative estimate of drug-likeness (QED) is 0.832.